The normalized spacial score (nSPS) is 10.4. The summed E-state index contributed by atoms with van der Waals surface area (Å²) < 4.78 is 27.0. The highest BCUT2D eigenvalue weighted by molar-refractivity contribution is 5.76. The third-order valence-electron chi connectivity index (χ3n) is 3.36. The average molecular weight is 289 g/mol. The van der Waals surface area contributed by atoms with E-state index in [1.54, 1.807) is 43.4 Å². The van der Waals surface area contributed by atoms with Crippen molar-refractivity contribution >= 4 is 5.91 Å². The Kier molecular flexibility index (Phi) is 5.04. The van der Waals surface area contributed by atoms with E-state index in [1.807, 2.05) is 0 Å². The number of carbonyl (C=O) groups excluding carboxylic acids is 1. The van der Waals surface area contributed by atoms with Crippen LogP contribution < -0.4 is 0 Å². The fraction of sp³-hybridized carbons (Fsp3) is 0.235. The standard InChI is InChI=1S/C17H17F2NO/c1-20(12-14-7-3-5-9-16(14)19)17(21)11-10-13-6-2-4-8-15(13)18/h2-9H,10-12H2,1H3. The number of benzene rings is 2. The highest BCUT2D eigenvalue weighted by Crippen LogP contribution is 2.12. The van der Waals surface area contributed by atoms with Crippen molar-refractivity contribution < 1.29 is 13.6 Å². The molecule has 21 heavy (non-hydrogen) atoms. The summed E-state index contributed by atoms with van der Waals surface area (Å²) in [5.74, 6) is -0.769. The van der Waals surface area contributed by atoms with E-state index in [-0.39, 0.29) is 30.5 Å². The highest BCUT2D eigenvalue weighted by atomic mass is 19.1. The van der Waals surface area contributed by atoms with Crippen LogP contribution in [-0.2, 0) is 17.8 Å². The number of amides is 1. The number of nitrogens with zero attached hydrogens (tertiary/aromatic N) is 1. The van der Waals surface area contributed by atoms with Crippen LogP contribution in [0.3, 0.4) is 0 Å². The van der Waals surface area contributed by atoms with Crippen LogP contribution in [0.2, 0.25) is 0 Å². The maximum Gasteiger partial charge on any atom is 0.222 e. The molecule has 2 aromatic carbocycles. The molecule has 4 heteroatoms. The molecule has 0 N–H and O–H groups in total. The Balaban J connectivity index is 1.91. The second kappa shape index (κ2) is 6.97. The lowest BCUT2D eigenvalue weighted by Crippen LogP contribution is -2.26. The van der Waals surface area contributed by atoms with Crippen LogP contribution >= 0.6 is 0 Å². The van der Waals surface area contributed by atoms with Crippen molar-refractivity contribution in [1.82, 2.24) is 4.90 Å². The summed E-state index contributed by atoms with van der Waals surface area (Å²) in [7, 11) is 1.62. The van der Waals surface area contributed by atoms with Gasteiger partial charge in [0.2, 0.25) is 5.91 Å². The largest absolute Gasteiger partial charge is 0.341 e. The van der Waals surface area contributed by atoms with Crippen molar-refractivity contribution in [2.45, 2.75) is 19.4 Å². The van der Waals surface area contributed by atoms with Gasteiger partial charge in [0, 0.05) is 25.6 Å². The van der Waals surface area contributed by atoms with Crippen LogP contribution in [0.25, 0.3) is 0 Å². The summed E-state index contributed by atoms with van der Waals surface area (Å²) in [5, 5.41) is 0. The molecule has 0 spiro atoms. The van der Waals surface area contributed by atoms with Gasteiger partial charge in [-0.25, -0.2) is 8.78 Å². The number of aryl methyl sites for hydroxylation is 1. The lowest BCUT2D eigenvalue weighted by atomic mass is 10.1. The zero-order chi connectivity index (χ0) is 15.2. The molecule has 0 heterocycles. The number of carbonyl (C=O) groups is 1. The molecule has 0 unspecified atom stereocenters. The van der Waals surface area contributed by atoms with Crippen molar-refractivity contribution in [2.75, 3.05) is 7.05 Å². The Hall–Kier alpha value is -2.23. The molecule has 0 atom stereocenters. The van der Waals surface area contributed by atoms with E-state index >= 15 is 0 Å². The lowest BCUT2D eigenvalue weighted by molar-refractivity contribution is -0.130. The third-order valence-corrected chi connectivity index (χ3v) is 3.36. The lowest BCUT2D eigenvalue weighted by Gasteiger charge is -2.17. The van der Waals surface area contributed by atoms with Gasteiger partial charge in [-0.15, -0.1) is 0 Å². The summed E-state index contributed by atoms with van der Waals surface area (Å²) in [6.45, 7) is 0.211. The Morgan fingerprint density at radius 2 is 1.48 bits per heavy atom. The van der Waals surface area contributed by atoms with E-state index in [9.17, 15) is 13.6 Å². The van der Waals surface area contributed by atoms with Gasteiger partial charge in [-0.3, -0.25) is 4.79 Å². The quantitative estimate of drug-likeness (QED) is 0.824. The van der Waals surface area contributed by atoms with Gasteiger partial charge in [-0.1, -0.05) is 36.4 Å². The first-order valence-corrected chi connectivity index (χ1v) is 6.78. The zero-order valence-electron chi connectivity index (χ0n) is 11.9. The van der Waals surface area contributed by atoms with Crippen molar-refractivity contribution in [2.24, 2.45) is 0 Å². The molecule has 0 aromatic heterocycles. The first-order chi connectivity index (χ1) is 10.1. The van der Waals surface area contributed by atoms with E-state index in [0.29, 0.717) is 17.5 Å². The predicted molar refractivity (Wildman–Crippen MR) is 77.6 cm³/mol. The van der Waals surface area contributed by atoms with Crippen LogP contribution in [0.15, 0.2) is 48.5 Å². The van der Waals surface area contributed by atoms with E-state index in [1.165, 1.54) is 17.0 Å². The molecule has 0 saturated heterocycles. The minimum absolute atomic E-state index is 0.137. The molecule has 1 amide bonds. The van der Waals surface area contributed by atoms with Gasteiger partial charge in [0.15, 0.2) is 0 Å². The minimum atomic E-state index is -0.328. The average Bonchev–Trinajstić information content (AvgIpc) is 2.48. The van der Waals surface area contributed by atoms with Crippen LogP contribution in [0.4, 0.5) is 8.78 Å². The molecule has 2 aromatic rings. The fourth-order valence-corrected chi connectivity index (χ4v) is 2.10. The van der Waals surface area contributed by atoms with Crippen LogP contribution in [0.1, 0.15) is 17.5 Å². The van der Waals surface area contributed by atoms with Crippen molar-refractivity contribution in [3.63, 3.8) is 0 Å². The fourth-order valence-electron chi connectivity index (χ4n) is 2.10. The second-order valence-corrected chi connectivity index (χ2v) is 4.93. The summed E-state index contributed by atoms with van der Waals surface area (Å²) >= 11 is 0. The SMILES string of the molecule is CN(Cc1ccccc1F)C(=O)CCc1ccccc1F. The zero-order valence-corrected chi connectivity index (χ0v) is 11.9. The number of halogens is 2. The van der Waals surface area contributed by atoms with E-state index < -0.39 is 0 Å². The molecule has 110 valence electrons. The molecular weight excluding hydrogens is 272 g/mol. The molecule has 0 aliphatic heterocycles. The van der Waals surface area contributed by atoms with Gasteiger partial charge in [0.25, 0.3) is 0 Å². The summed E-state index contributed by atoms with van der Waals surface area (Å²) in [4.78, 5) is 13.5. The smallest absolute Gasteiger partial charge is 0.222 e. The second-order valence-electron chi connectivity index (χ2n) is 4.93. The van der Waals surface area contributed by atoms with Gasteiger partial charge in [0.05, 0.1) is 0 Å². The molecule has 0 aliphatic carbocycles. The molecule has 2 rings (SSSR count). The topological polar surface area (TPSA) is 20.3 Å². The molecular formula is C17H17F2NO. The minimum Gasteiger partial charge on any atom is -0.341 e. The maximum atomic E-state index is 13.5. The van der Waals surface area contributed by atoms with Crippen LogP contribution in [-0.4, -0.2) is 17.9 Å². The van der Waals surface area contributed by atoms with Crippen molar-refractivity contribution in [3.8, 4) is 0 Å². The Bertz CT molecular complexity index is 628. The molecule has 2 nitrogen and oxygen atoms in total. The van der Waals surface area contributed by atoms with E-state index in [0.717, 1.165) is 0 Å². The van der Waals surface area contributed by atoms with E-state index in [4.69, 9.17) is 0 Å². The van der Waals surface area contributed by atoms with Gasteiger partial charge >= 0.3 is 0 Å². The summed E-state index contributed by atoms with van der Waals surface area (Å²) in [6.07, 6.45) is 0.541. The Morgan fingerprint density at radius 1 is 0.952 bits per heavy atom. The van der Waals surface area contributed by atoms with Gasteiger partial charge in [-0.2, -0.15) is 0 Å². The summed E-state index contributed by atoms with van der Waals surface area (Å²) in [5.41, 5.74) is 0.990. The highest BCUT2D eigenvalue weighted by Gasteiger charge is 2.12. The molecule has 0 bridgehead atoms. The molecule has 0 saturated carbocycles. The Labute approximate surface area is 123 Å². The van der Waals surface area contributed by atoms with Gasteiger partial charge in [0.1, 0.15) is 11.6 Å². The molecule has 0 aliphatic rings. The maximum absolute atomic E-state index is 13.5. The monoisotopic (exact) mass is 289 g/mol. The number of hydrogen-bond acceptors (Lipinski definition) is 1. The van der Waals surface area contributed by atoms with Gasteiger partial charge in [-0.05, 0) is 24.1 Å². The van der Waals surface area contributed by atoms with Crippen molar-refractivity contribution in [3.05, 3.63) is 71.3 Å². The molecule has 0 fully saturated rings. The van der Waals surface area contributed by atoms with E-state index in [2.05, 4.69) is 0 Å². The molecule has 0 radical (unpaired) electrons. The van der Waals surface area contributed by atoms with Crippen LogP contribution in [0, 0.1) is 11.6 Å². The predicted octanol–water partition coefficient (Wildman–Crippen LogP) is 3.56. The van der Waals surface area contributed by atoms with Crippen LogP contribution in [0.5, 0.6) is 0 Å². The first kappa shape index (κ1) is 15.2. The first-order valence-electron chi connectivity index (χ1n) is 6.78. The third kappa shape index (κ3) is 4.12. The van der Waals surface area contributed by atoms with Gasteiger partial charge < -0.3 is 4.90 Å². The Morgan fingerprint density at radius 3 is 2.05 bits per heavy atom. The van der Waals surface area contributed by atoms with Crippen molar-refractivity contribution in [1.29, 1.82) is 0 Å². The number of hydrogen-bond donors (Lipinski definition) is 0. The number of rotatable bonds is 5. The summed E-state index contributed by atoms with van der Waals surface area (Å²) in [6, 6.07) is 12.8.